The van der Waals surface area contributed by atoms with Crippen LogP contribution in [-0.2, 0) is 4.79 Å². The Morgan fingerprint density at radius 3 is 2.69 bits per heavy atom. The lowest BCUT2D eigenvalue weighted by molar-refractivity contribution is -0.383. The third-order valence-electron chi connectivity index (χ3n) is 5.03. The average molecular weight is 394 g/mol. The number of fused-ring (bicyclic) bond motifs is 1. The summed E-state index contributed by atoms with van der Waals surface area (Å²) in [5.41, 5.74) is 1.17. The molecule has 0 amide bonds. The lowest BCUT2D eigenvalue weighted by Gasteiger charge is -2.30. The number of hydrogen-bond donors (Lipinski definition) is 2. The summed E-state index contributed by atoms with van der Waals surface area (Å²) in [5.74, 6) is -1.01. The highest BCUT2D eigenvalue weighted by molar-refractivity contribution is 5.93. The van der Waals surface area contributed by atoms with Crippen LogP contribution >= 0.6 is 0 Å². The second-order valence-corrected chi connectivity index (χ2v) is 6.75. The molecule has 10 nitrogen and oxygen atoms in total. The zero-order chi connectivity index (χ0) is 20.4. The SMILES string of the molecule is O=C(O)C1CCN(c2ncnc(Nc3cccc4ncccc34)c2[N+](=O)[O-])CC1. The third-order valence-corrected chi connectivity index (χ3v) is 5.03. The van der Waals surface area contributed by atoms with Gasteiger partial charge in [0.15, 0.2) is 0 Å². The predicted octanol–water partition coefficient (Wildman–Crippen LogP) is 2.98. The van der Waals surface area contributed by atoms with E-state index >= 15 is 0 Å². The molecule has 0 saturated carbocycles. The number of hydrogen-bond acceptors (Lipinski definition) is 8. The number of benzene rings is 1. The van der Waals surface area contributed by atoms with Gasteiger partial charge in [0.25, 0.3) is 0 Å². The van der Waals surface area contributed by atoms with E-state index in [4.69, 9.17) is 5.11 Å². The third kappa shape index (κ3) is 3.64. The molecule has 1 aliphatic heterocycles. The Bertz CT molecular complexity index is 1080. The molecular formula is C19H18N6O4. The Morgan fingerprint density at radius 2 is 1.97 bits per heavy atom. The molecule has 0 atom stereocenters. The Kier molecular flexibility index (Phi) is 4.90. The van der Waals surface area contributed by atoms with Gasteiger partial charge in [0.2, 0.25) is 11.6 Å². The summed E-state index contributed by atoms with van der Waals surface area (Å²) in [7, 11) is 0. The van der Waals surface area contributed by atoms with Crippen LogP contribution in [0.1, 0.15) is 12.8 Å². The van der Waals surface area contributed by atoms with Crippen molar-refractivity contribution in [2.45, 2.75) is 12.8 Å². The van der Waals surface area contributed by atoms with Crippen LogP contribution in [0.2, 0.25) is 0 Å². The molecule has 0 radical (unpaired) electrons. The molecular weight excluding hydrogens is 376 g/mol. The van der Waals surface area contributed by atoms with Gasteiger partial charge in [-0.25, -0.2) is 9.97 Å². The number of aliphatic carboxylic acids is 1. The molecule has 148 valence electrons. The summed E-state index contributed by atoms with van der Waals surface area (Å²) < 4.78 is 0. The first-order valence-corrected chi connectivity index (χ1v) is 9.12. The van der Waals surface area contributed by atoms with Gasteiger partial charge in [0, 0.05) is 30.4 Å². The van der Waals surface area contributed by atoms with Crippen LogP contribution in [0.15, 0.2) is 42.9 Å². The minimum atomic E-state index is -0.839. The van der Waals surface area contributed by atoms with Crippen molar-refractivity contribution in [3.8, 4) is 0 Å². The van der Waals surface area contributed by atoms with Gasteiger partial charge >= 0.3 is 11.7 Å². The smallest absolute Gasteiger partial charge is 0.353 e. The summed E-state index contributed by atoms with van der Waals surface area (Å²) in [5, 5.41) is 24.9. The van der Waals surface area contributed by atoms with Crippen LogP contribution < -0.4 is 10.2 Å². The van der Waals surface area contributed by atoms with E-state index in [1.807, 2.05) is 18.2 Å². The van der Waals surface area contributed by atoms with Crippen LogP contribution in [-0.4, -0.2) is 44.0 Å². The normalized spacial score (nSPS) is 14.7. The van der Waals surface area contributed by atoms with E-state index in [1.165, 1.54) is 6.33 Å². The highest BCUT2D eigenvalue weighted by Crippen LogP contribution is 2.36. The molecule has 1 aromatic carbocycles. The summed E-state index contributed by atoms with van der Waals surface area (Å²) in [6, 6.07) is 9.12. The molecule has 4 rings (SSSR count). The summed E-state index contributed by atoms with van der Waals surface area (Å²) in [6.45, 7) is 0.763. The fourth-order valence-electron chi connectivity index (χ4n) is 3.54. The van der Waals surface area contributed by atoms with E-state index < -0.39 is 16.8 Å². The zero-order valence-electron chi connectivity index (χ0n) is 15.4. The molecule has 29 heavy (non-hydrogen) atoms. The van der Waals surface area contributed by atoms with E-state index in [9.17, 15) is 14.9 Å². The Labute approximate surface area is 165 Å². The molecule has 0 bridgehead atoms. The number of carboxylic acids is 1. The molecule has 3 heterocycles. The maximum atomic E-state index is 11.9. The van der Waals surface area contributed by atoms with Crippen molar-refractivity contribution in [3.63, 3.8) is 0 Å². The quantitative estimate of drug-likeness (QED) is 0.494. The fraction of sp³-hybridized carbons (Fsp3) is 0.263. The van der Waals surface area contributed by atoms with E-state index in [-0.39, 0.29) is 17.3 Å². The van der Waals surface area contributed by atoms with E-state index in [2.05, 4.69) is 20.3 Å². The molecule has 0 aliphatic carbocycles. The first kappa shape index (κ1) is 18.5. The minimum Gasteiger partial charge on any atom is -0.481 e. The number of anilines is 3. The van der Waals surface area contributed by atoms with Crippen LogP contribution in [0.25, 0.3) is 10.9 Å². The van der Waals surface area contributed by atoms with Gasteiger partial charge < -0.3 is 15.3 Å². The average Bonchev–Trinajstić information content (AvgIpc) is 2.74. The van der Waals surface area contributed by atoms with E-state index in [0.717, 1.165) is 10.9 Å². The van der Waals surface area contributed by atoms with Crippen LogP contribution in [0, 0.1) is 16.0 Å². The molecule has 0 spiro atoms. The Hall–Kier alpha value is -3.82. The number of carbonyl (C=O) groups is 1. The predicted molar refractivity (Wildman–Crippen MR) is 106 cm³/mol. The number of piperidine rings is 1. The highest BCUT2D eigenvalue weighted by atomic mass is 16.6. The molecule has 0 unspecified atom stereocenters. The van der Waals surface area contributed by atoms with Crippen LogP contribution in [0.3, 0.4) is 0 Å². The standard InChI is InChI=1S/C19H18N6O4/c26-19(27)12-6-9-24(10-7-12)18-16(25(28)29)17(21-11-22-18)23-15-5-1-4-14-13(15)3-2-8-20-14/h1-5,8,11-12H,6-7,9-10H2,(H,26,27)(H,21,22,23). The molecule has 10 heteroatoms. The number of rotatable bonds is 5. The molecule has 1 aliphatic rings. The van der Waals surface area contributed by atoms with Gasteiger partial charge in [0.1, 0.15) is 6.33 Å². The second kappa shape index (κ2) is 7.66. The Morgan fingerprint density at radius 1 is 1.17 bits per heavy atom. The summed E-state index contributed by atoms with van der Waals surface area (Å²) in [6.07, 6.45) is 3.78. The summed E-state index contributed by atoms with van der Waals surface area (Å²) >= 11 is 0. The van der Waals surface area contributed by atoms with Gasteiger partial charge in [-0.05, 0) is 37.1 Å². The molecule has 1 saturated heterocycles. The number of nitro groups is 1. The molecule has 1 fully saturated rings. The first-order chi connectivity index (χ1) is 14.0. The zero-order valence-corrected chi connectivity index (χ0v) is 15.4. The molecule has 2 aromatic heterocycles. The number of nitrogens with one attached hydrogen (secondary N) is 1. The molecule has 3 aromatic rings. The number of carboxylic acid groups (broad SMARTS) is 1. The Balaban J connectivity index is 1.69. The lowest BCUT2D eigenvalue weighted by Crippen LogP contribution is -2.37. The van der Waals surface area contributed by atoms with Crippen molar-refractivity contribution in [2.75, 3.05) is 23.3 Å². The van der Waals surface area contributed by atoms with Crippen molar-refractivity contribution >= 4 is 39.9 Å². The minimum absolute atomic E-state index is 0.0803. The fourth-order valence-corrected chi connectivity index (χ4v) is 3.54. The van der Waals surface area contributed by atoms with E-state index in [1.54, 1.807) is 23.2 Å². The second-order valence-electron chi connectivity index (χ2n) is 6.75. The van der Waals surface area contributed by atoms with Crippen molar-refractivity contribution in [3.05, 3.63) is 53.0 Å². The van der Waals surface area contributed by atoms with Crippen molar-refractivity contribution < 1.29 is 14.8 Å². The topological polar surface area (TPSA) is 134 Å². The maximum absolute atomic E-state index is 11.9. The van der Waals surface area contributed by atoms with Crippen molar-refractivity contribution in [1.29, 1.82) is 0 Å². The van der Waals surface area contributed by atoms with Gasteiger partial charge in [0.05, 0.1) is 16.4 Å². The molecule has 2 N–H and O–H groups in total. The number of nitrogens with zero attached hydrogens (tertiary/aromatic N) is 5. The van der Waals surface area contributed by atoms with Gasteiger partial charge in [-0.2, -0.15) is 0 Å². The first-order valence-electron chi connectivity index (χ1n) is 9.12. The monoisotopic (exact) mass is 394 g/mol. The van der Waals surface area contributed by atoms with Crippen molar-refractivity contribution in [2.24, 2.45) is 5.92 Å². The highest BCUT2D eigenvalue weighted by Gasteiger charge is 2.31. The van der Waals surface area contributed by atoms with Crippen LogP contribution in [0.4, 0.5) is 23.0 Å². The van der Waals surface area contributed by atoms with E-state index in [0.29, 0.717) is 31.6 Å². The number of pyridine rings is 1. The summed E-state index contributed by atoms with van der Waals surface area (Å²) in [4.78, 5) is 36.8. The van der Waals surface area contributed by atoms with Crippen molar-refractivity contribution in [1.82, 2.24) is 15.0 Å². The van der Waals surface area contributed by atoms with Crippen LogP contribution in [0.5, 0.6) is 0 Å². The van der Waals surface area contributed by atoms with Gasteiger partial charge in [-0.3, -0.25) is 19.9 Å². The van der Waals surface area contributed by atoms with Gasteiger partial charge in [-0.15, -0.1) is 0 Å². The lowest BCUT2D eigenvalue weighted by atomic mass is 9.97. The largest absolute Gasteiger partial charge is 0.481 e. The van der Waals surface area contributed by atoms with Gasteiger partial charge in [-0.1, -0.05) is 6.07 Å². The number of aromatic nitrogens is 3. The maximum Gasteiger partial charge on any atom is 0.353 e.